The second kappa shape index (κ2) is 6.92. The van der Waals surface area contributed by atoms with E-state index >= 15 is 0 Å². The zero-order valence-corrected chi connectivity index (χ0v) is 15.0. The molecule has 2 atom stereocenters. The van der Waals surface area contributed by atoms with Crippen LogP contribution in [0.4, 0.5) is 0 Å². The molecule has 1 aliphatic rings. The monoisotopic (exact) mass is 372 g/mol. The molecule has 0 aromatic carbocycles. The number of hydrogen-bond donors (Lipinski definition) is 1. The van der Waals surface area contributed by atoms with Crippen LogP contribution < -0.4 is 5.32 Å². The van der Waals surface area contributed by atoms with Gasteiger partial charge in [0, 0.05) is 21.8 Å². The molecule has 0 aliphatic carbocycles. The van der Waals surface area contributed by atoms with E-state index in [2.05, 4.69) is 35.1 Å². The second-order valence-corrected chi connectivity index (χ2v) is 7.82. The number of thiophene rings is 1. The zero-order valence-electron chi connectivity index (χ0n) is 12.6. The number of halogens is 1. The first-order chi connectivity index (χ1) is 9.88. The first kappa shape index (κ1) is 16.5. The van der Waals surface area contributed by atoms with Crippen molar-refractivity contribution in [2.24, 2.45) is 5.92 Å². The molecule has 1 N–H and O–H groups in total. The molecule has 0 saturated carbocycles. The number of carbonyl (C=O) groups is 2. The third kappa shape index (κ3) is 4.07. The summed E-state index contributed by atoms with van der Waals surface area (Å²) in [6.07, 6.45) is 1.04. The summed E-state index contributed by atoms with van der Waals surface area (Å²) in [7, 11) is 0. The highest BCUT2D eigenvalue weighted by atomic mass is 79.9. The van der Waals surface area contributed by atoms with Crippen LogP contribution in [0, 0.1) is 5.92 Å². The van der Waals surface area contributed by atoms with Crippen LogP contribution in [0.1, 0.15) is 38.5 Å². The molecule has 2 amide bonds. The summed E-state index contributed by atoms with van der Waals surface area (Å²) < 4.78 is 1.02. The Morgan fingerprint density at radius 3 is 2.76 bits per heavy atom. The third-order valence-corrected chi connectivity index (χ3v) is 5.55. The van der Waals surface area contributed by atoms with Gasteiger partial charge in [0.05, 0.1) is 6.54 Å². The van der Waals surface area contributed by atoms with Gasteiger partial charge in [0.1, 0.15) is 6.04 Å². The third-order valence-electron chi connectivity index (χ3n) is 3.64. The Labute approximate surface area is 138 Å². The molecule has 2 rings (SSSR count). The van der Waals surface area contributed by atoms with Crippen molar-refractivity contribution < 1.29 is 9.59 Å². The van der Waals surface area contributed by atoms with Crippen molar-refractivity contribution in [2.45, 2.75) is 52.2 Å². The molecule has 1 aliphatic heterocycles. The Morgan fingerprint density at radius 1 is 1.48 bits per heavy atom. The highest BCUT2D eigenvalue weighted by Crippen LogP contribution is 2.27. The minimum absolute atomic E-state index is 0.0300. The van der Waals surface area contributed by atoms with Crippen molar-refractivity contribution >= 4 is 39.1 Å². The number of amides is 2. The normalized spacial score (nSPS) is 23.4. The molecule has 6 heteroatoms. The van der Waals surface area contributed by atoms with Crippen molar-refractivity contribution in [1.29, 1.82) is 0 Å². The van der Waals surface area contributed by atoms with Crippen LogP contribution in [0.2, 0.25) is 0 Å². The second-order valence-electron chi connectivity index (χ2n) is 5.96. The van der Waals surface area contributed by atoms with Gasteiger partial charge < -0.3 is 10.2 Å². The Balaban J connectivity index is 2.21. The zero-order chi connectivity index (χ0) is 15.6. The number of rotatable bonds is 4. The Bertz CT molecular complexity index is 529. The Morgan fingerprint density at radius 2 is 2.19 bits per heavy atom. The van der Waals surface area contributed by atoms with E-state index in [4.69, 9.17) is 0 Å². The van der Waals surface area contributed by atoms with Crippen LogP contribution in [0.15, 0.2) is 15.9 Å². The van der Waals surface area contributed by atoms with E-state index in [1.807, 2.05) is 23.3 Å². The summed E-state index contributed by atoms with van der Waals surface area (Å²) in [4.78, 5) is 27.7. The minimum Gasteiger partial charge on any atom is -0.344 e. The molecular weight excluding hydrogens is 352 g/mol. The number of hydrogen-bond acceptors (Lipinski definition) is 3. The van der Waals surface area contributed by atoms with Gasteiger partial charge in [-0.1, -0.05) is 13.8 Å². The Kier molecular flexibility index (Phi) is 5.43. The summed E-state index contributed by atoms with van der Waals surface area (Å²) in [5.74, 6) is 0.361. The summed E-state index contributed by atoms with van der Waals surface area (Å²) in [5, 5.41) is 4.88. The lowest BCUT2D eigenvalue weighted by molar-refractivity contribution is -0.135. The lowest BCUT2D eigenvalue weighted by Gasteiger charge is -2.29. The van der Waals surface area contributed by atoms with Gasteiger partial charge in [-0.05, 0) is 46.6 Å². The molecule has 4 nitrogen and oxygen atoms in total. The molecule has 2 unspecified atom stereocenters. The summed E-state index contributed by atoms with van der Waals surface area (Å²) in [5.41, 5.74) is 0. The van der Waals surface area contributed by atoms with Gasteiger partial charge in [-0.2, -0.15) is 0 Å². The van der Waals surface area contributed by atoms with Gasteiger partial charge in [0.25, 0.3) is 0 Å². The first-order valence-corrected chi connectivity index (χ1v) is 8.87. The highest BCUT2D eigenvalue weighted by molar-refractivity contribution is 9.10. The molecular formula is C15H21BrN2O2S. The first-order valence-electron chi connectivity index (χ1n) is 7.20. The van der Waals surface area contributed by atoms with Gasteiger partial charge in [-0.3, -0.25) is 9.59 Å². The molecule has 2 heterocycles. The molecule has 116 valence electrons. The van der Waals surface area contributed by atoms with Crippen LogP contribution in [0.3, 0.4) is 0 Å². The fourth-order valence-corrected chi connectivity index (χ4v) is 4.04. The van der Waals surface area contributed by atoms with E-state index in [-0.39, 0.29) is 17.9 Å². The summed E-state index contributed by atoms with van der Waals surface area (Å²) >= 11 is 5.13. The standard InChI is InChI=1S/C15H21BrN2O2S/c1-9(2)6-12-15(20)18(10(3)7-14(19)17-12)8-13-11(16)4-5-21-13/h4-5,9-10,12H,6-8H2,1-3H3,(H,17,19). The van der Waals surface area contributed by atoms with E-state index in [1.165, 1.54) is 0 Å². The van der Waals surface area contributed by atoms with E-state index in [0.29, 0.717) is 25.3 Å². The molecule has 21 heavy (non-hydrogen) atoms. The van der Waals surface area contributed by atoms with Crippen LogP contribution in [-0.2, 0) is 16.1 Å². The maximum absolute atomic E-state index is 12.8. The lowest BCUT2D eigenvalue weighted by Crippen LogP contribution is -2.46. The van der Waals surface area contributed by atoms with Crippen LogP contribution in [-0.4, -0.2) is 28.8 Å². The number of carbonyl (C=O) groups excluding carboxylic acids is 2. The predicted molar refractivity (Wildman–Crippen MR) is 88.0 cm³/mol. The van der Waals surface area contributed by atoms with Gasteiger partial charge in [0.15, 0.2) is 0 Å². The fourth-order valence-electron chi connectivity index (χ4n) is 2.57. The van der Waals surface area contributed by atoms with Gasteiger partial charge in [0.2, 0.25) is 11.8 Å². The van der Waals surface area contributed by atoms with Gasteiger partial charge >= 0.3 is 0 Å². The van der Waals surface area contributed by atoms with E-state index in [1.54, 1.807) is 11.3 Å². The SMILES string of the molecule is CC(C)CC1NC(=O)CC(C)N(Cc2sccc2Br)C1=O. The molecule has 1 aromatic rings. The fraction of sp³-hybridized carbons (Fsp3) is 0.600. The molecule has 1 fully saturated rings. The van der Waals surface area contributed by atoms with Crippen molar-refractivity contribution in [3.63, 3.8) is 0 Å². The van der Waals surface area contributed by atoms with E-state index in [0.717, 1.165) is 9.35 Å². The van der Waals surface area contributed by atoms with Crippen molar-refractivity contribution in [3.8, 4) is 0 Å². The van der Waals surface area contributed by atoms with E-state index in [9.17, 15) is 9.59 Å². The van der Waals surface area contributed by atoms with Crippen LogP contribution in [0.5, 0.6) is 0 Å². The lowest BCUT2D eigenvalue weighted by atomic mass is 10.0. The van der Waals surface area contributed by atoms with Crippen molar-refractivity contribution in [1.82, 2.24) is 10.2 Å². The van der Waals surface area contributed by atoms with Crippen LogP contribution >= 0.6 is 27.3 Å². The smallest absolute Gasteiger partial charge is 0.245 e. The molecule has 0 bridgehead atoms. The van der Waals surface area contributed by atoms with Gasteiger partial charge in [-0.25, -0.2) is 0 Å². The topological polar surface area (TPSA) is 49.4 Å². The van der Waals surface area contributed by atoms with Crippen molar-refractivity contribution in [3.05, 3.63) is 20.8 Å². The van der Waals surface area contributed by atoms with Crippen LogP contribution in [0.25, 0.3) is 0 Å². The summed E-state index contributed by atoms with van der Waals surface area (Å²) in [6.45, 7) is 6.63. The average molecular weight is 373 g/mol. The molecule has 0 spiro atoms. The average Bonchev–Trinajstić information content (AvgIpc) is 2.75. The highest BCUT2D eigenvalue weighted by Gasteiger charge is 2.34. The molecule has 1 saturated heterocycles. The van der Waals surface area contributed by atoms with Gasteiger partial charge in [-0.15, -0.1) is 11.3 Å². The Hall–Kier alpha value is -0.880. The molecule has 0 radical (unpaired) electrons. The number of nitrogens with one attached hydrogen (secondary N) is 1. The quantitative estimate of drug-likeness (QED) is 0.882. The molecule has 1 aromatic heterocycles. The number of nitrogens with zero attached hydrogens (tertiary/aromatic N) is 1. The van der Waals surface area contributed by atoms with E-state index < -0.39 is 6.04 Å². The maximum atomic E-state index is 12.8. The predicted octanol–water partition coefficient (Wildman–Crippen LogP) is 3.16. The summed E-state index contributed by atoms with van der Waals surface area (Å²) in [6, 6.07) is 1.51. The largest absolute Gasteiger partial charge is 0.344 e. The minimum atomic E-state index is -0.402. The maximum Gasteiger partial charge on any atom is 0.245 e. The van der Waals surface area contributed by atoms with Crippen molar-refractivity contribution in [2.75, 3.05) is 0 Å².